The van der Waals surface area contributed by atoms with E-state index in [0.717, 1.165) is 19.3 Å². The summed E-state index contributed by atoms with van der Waals surface area (Å²) in [4.78, 5) is 37.3. The molecule has 7 heteroatoms. The molecular weight excluding hydrogens is 406 g/mol. The molecule has 0 aliphatic heterocycles. The summed E-state index contributed by atoms with van der Waals surface area (Å²) in [5.74, 6) is -0.762. The fraction of sp³-hybridized carbons (Fsp3) is 0.609. The Labute approximate surface area is 182 Å². The fourth-order valence-corrected chi connectivity index (χ4v) is 5.20. The van der Waals surface area contributed by atoms with E-state index in [1.54, 1.807) is 38.1 Å². The maximum Gasteiger partial charge on any atom is 0.320 e. The number of nitrogens with one attached hydrogen (secondary N) is 1. The van der Waals surface area contributed by atoms with Crippen LogP contribution in [0.4, 0.5) is 0 Å². The second-order valence-corrected chi connectivity index (χ2v) is 8.55. The molecule has 1 N–H and O–H groups in total. The van der Waals surface area contributed by atoms with E-state index in [2.05, 4.69) is 12.2 Å². The molecule has 1 amide bonds. The number of halogens is 1. The molecular formula is C23H30ClNO5. The standard InChI is InChI=1S/C23H30ClNO5/c1-4-18(25-21(26)13-7-9-15(24)10-8-13)20-16-11-14(12-17(16)20)19(22(27)29-5-2)23(28)30-6-3/h7-10,14,16-20H,4-6,11-12H2,1-3H3,(H,25,26)/t14-,16-,17+,18-,20+/m1/s1. The zero-order valence-corrected chi connectivity index (χ0v) is 18.5. The van der Waals surface area contributed by atoms with Crippen molar-refractivity contribution in [2.75, 3.05) is 13.2 Å². The van der Waals surface area contributed by atoms with Gasteiger partial charge >= 0.3 is 11.9 Å². The third-order valence-electron chi connectivity index (χ3n) is 6.43. The Balaban J connectivity index is 1.60. The molecule has 2 fully saturated rings. The van der Waals surface area contributed by atoms with Gasteiger partial charge in [0.15, 0.2) is 5.92 Å². The molecule has 6 nitrogen and oxygen atoms in total. The molecule has 0 saturated heterocycles. The second kappa shape index (κ2) is 9.82. The van der Waals surface area contributed by atoms with Gasteiger partial charge in [0.1, 0.15) is 0 Å². The molecule has 0 heterocycles. The van der Waals surface area contributed by atoms with Crippen LogP contribution in [-0.4, -0.2) is 37.1 Å². The van der Waals surface area contributed by atoms with E-state index >= 15 is 0 Å². The number of carbonyl (C=O) groups is 3. The van der Waals surface area contributed by atoms with E-state index in [4.69, 9.17) is 21.1 Å². The maximum atomic E-state index is 12.6. The molecule has 30 heavy (non-hydrogen) atoms. The third-order valence-corrected chi connectivity index (χ3v) is 6.68. The molecule has 0 aromatic heterocycles. The van der Waals surface area contributed by atoms with Gasteiger partial charge in [0.25, 0.3) is 5.91 Å². The van der Waals surface area contributed by atoms with E-state index in [0.29, 0.717) is 28.3 Å². The largest absolute Gasteiger partial charge is 0.465 e. The number of esters is 2. The second-order valence-electron chi connectivity index (χ2n) is 8.11. The van der Waals surface area contributed by atoms with Crippen molar-refractivity contribution in [3.05, 3.63) is 34.9 Å². The van der Waals surface area contributed by atoms with Crippen molar-refractivity contribution in [2.24, 2.45) is 29.6 Å². The summed E-state index contributed by atoms with van der Waals surface area (Å²) in [5.41, 5.74) is 0.589. The van der Waals surface area contributed by atoms with Gasteiger partial charge in [-0.25, -0.2) is 0 Å². The number of carbonyl (C=O) groups excluding carboxylic acids is 3. The van der Waals surface area contributed by atoms with Crippen molar-refractivity contribution >= 4 is 29.4 Å². The van der Waals surface area contributed by atoms with Crippen LogP contribution in [0.3, 0.4) is 0 Å². The van der Waals surface area contributed by atoms with Gasteiger partial charge in [-0.3, -0.25) is 14.4 Å². The molecule has 5 atom stereocenters. The smallest absolute Gasteiger partial charge is 0.320 e. The van der Waals surface area contributed by atoms with Gasteiger partial charge in [0.05, 0.1) is 13.2 Å². The van der Waals surface area contributed by atoms with Crippen molar-refractivity contribution in [2.45, 2.75) is 46.1 Å². The molecule has 0 bridgehead atoms. The Kier molecular flexibility index (Phi) is 7.40. The first-order valence-electron chi connectivity index (χ1n) is 10.8. The topological polar surface area (TPSA) is 81.7 Å². The van der Waals surface area contributed by atoms with E-state index in [9.17, 15) is 14.4 Å². The van der Waals surface area contributed by atoms with Crippen molar-refractivity contribution in [3.63, 3.8) is 0 Å². The van der Waals surface area contributed by atoms with E-state index in [1.807, 2.05) is 0 Å². The van der Waals surface area contributed by atoms with Crippen LogP contribution >= 0.6 is 11.6 Å². The lowest BCUT2D eigenvalue weighted by Gasteiger charge is -2.25. The quantitative estimate of drug-likeness (QED) is 0.470. The van der Waals surface area contributed by atoms with Crippen molar-refractivity contribution < 1.29 is 23.9 Å². The summed E-state index contributed by atoms with van der Waals surface area (Å²) in [6.07, 6.45) is 2.40. The van der Waals surface area contributed by atoms with Gasteiger partial charge in [-0.15, -0.1) is 0 Å². The molecule has 0 unspecified atom stereocenters. The molecule has 0 radical (unpaired) electrons. The zero-order chi connectivity index (χ0) is 21.8. The van der Waals surface area contributed by atoms with Crippen LogP contribution in [0.15, 0.2) is 24.3 Å². The summed E-state index contributed by atoms with van der Waals surface area (Å²) in [7, 11) is 0. The molecule has 164 valence electrons. The van der Waals surface area contributed by atoms with Crippen LogP contribution in [-0.2, 0) is 19.1 Å². The predicted molar refractivity (Wildman–Crippen MR) is 113 cm³/mol. The Morgan fingerprint density at radius 3 is 2.00 bits per heavy atom. The number of fused-ring (bicyclic) bond motifs is 1. The van der Waals surface area contributed by atoms with Gasteiger partial charge in [0, 0.05) is 16.6 Å². The normalized spacial score (nSPS) is 25.4. The highest BCUT2D eigenvalue weighted by Gasteiger charge is 2.61. The monoisotopic (exact) mass is 435 g/mol. The minimum Gasteiger partial charge on any atom is -0.465 e. The Bertz CT molecular complexity index is 750. The van der Waals surface area contributed by atoms with Gasteiger partial charge in [-0.05, 0) is 81.0 Å². The van der Waals surface area contributed by atoms with Crippen molar-refractivity contribution in [1.29, 1.82) is 0 Å². The Hall–Kier alpha value is -2.08. The van der Waals surface area contributed by atoms with Gasteiger partial charge in [-0.1, -0.05) is 18.5 Å². The van der Waals surface area contributed by atoms with Crippen LogP contribution in [0.2, 0.25) is 5.02 Å². The van der Waals surface area contributed by atoms with E-state index in [-0.39, 0.29) is 31.1 Å². The summed E-state index contributed by atoms with van der Waals surface area (Å²) < 4.78 is 10.3. The highest BCUT2D eigenvalue weighted by Crippen LogP contribution is 2.62. The van der Waals surface area contributed by atoms with Gasteiger partial charge in [-0.2, -0.15) is 0 Å². The van der Waals surface area contributed by atoms with Crippen LogP contribution in [0.25, 0.3) is 0 Å². The van der Waals surface area contributed by atoms with Crippen LogP contribution in [0.1, 0.15) is 50.4 Å². The molecule has 2 aliphatic carbocycles. The fourth-order valence-electron chi connectivity index (χ4n) is 5.07. The lowest BCUT2D eigenvalue weighted by Crippen LogP contribution is -2.38. The first-order chi connectivity index (χ1) is 14.4. The number of amides is 1. The summed E-state index contributed by atoms with van der Waals surface area (Å²) in [6, 6.07) is 6.93. The number of hydrogen-bond donors (Lipinski definition) is 1. The lowest BCUT2D eigenvalue weighted by molar-refractivity contribution is -0.164. The number of benzene rings is 1. The molecule has 3 rings (SSSR count). The van der Waals surface area contributed by atoms with Crippen molar-refractivity contribution in [1.82, 2.24) is 5.32 Å². The Morgan fingerprint density at radius 2 is 1.53 bits per heavy atom. The molecule has 2 saturated carbocycles. The number of ether oxygens (including phenoxy) is 2. The van der Waals surface area contributed by atoms with Crippen LogP contribution in [0.5, 0.6) is 0 Å². The van der Waals surface area contributed by atoms with Gasteiger partial charge < -0.3 is 14.8 Å². The Morgan fingerprint density at radius 1 is 1.00 bits per heavy atom. The minimum atomic E-state index is -0.845. The van der Waals surface area contributed by atoms with E-state index in [1.165, 1.54) is 0 Å². The zero-order valence-electron chi connectivity index (χ0n) is 17.7. The third kappa shape index (κ3) is 4.80. The van der Waals surface area contributed by atoms with E-state index < -0.39 is 17.9 Å². The average Bonchev–Trinajstić information content (AvgIpc) is 3.20. The lowest BCUT2D eigenvalue weighted by atomic mass is 9.85. The summed E-state index contributed by atoms with van der Waals surface area (Å²) >= 11 is 5.90. The van der Waals surface area contributed by atoms with Crippen LogP contribution in [0, 0.1) is 29.6 Å². The molecule has 1 aromatic carbocycles. The summed E-state index contributed by atoms with van der Waals surface area (Å²) in [5, 5.41) is 3.75. The summed E-state index contributed by atoms with van der Waals surface area (Å²) in [6.45, 7) is 6.02. The average molecular weight is 436 g/mol. The molecule has 1 aromatic rings. The van der Waals surface area contributed by atoms with Crippen LogP contribution < -0.4 is 5.32 Å². The predicted octanol–water partition coefficient (Wildman–Crippen LogP) is 3.86. The first-order valence-corrected chi connectivity index (χ1v) is 11.2. The van der Waals surface area contributed by atoms with Gasteiger partial charge in [0.2, 0.25) is 0 Å². The highest BCUT2D eigenvalue weighted by molar-refractivity contribution is 6.30. The molecule has 2 aliphatic rings. The first kappa shape index (κ1) is 22.6. The highest BCUT2D eigenvalue weighted by atomic mass is 35.5. The SMILES string of the molecule is CCOC(=O)C(C(=O)OCC)[C@@H]1C[C@@H]2[C@H](C1)[C@H]2[C@@H](CC)NC(=O)c1ccc(Cl)cc1. The van der Waals surface area contributed by atoms with Crippen molar-refractivity contribution in [3.8, 4) is 0 Å². The number of rotatable bonds is 9. The maximum absolute atomic E-state index is 12.6. The number of hydrogen-bond acceptors (Lipinski definition) is 5. The minimum absolute atomic E-state index is 0.0566. The molecule has 0 spiro atoms.